The molecule has 3 aliphatic heterocycles. The van der Waals surface area contributed by atoms with E-state index >= 15 is 0 Å². The number of carbonyl (C=O) groups is 2. The Kier molecular flexibility index (Phi) is 6.67. The number of hydrogen-bond acceptors (Lipinski definition) is 5. The highest BCUT2D eigenvalue weighted by molar-refractivity contribution is 7.80. The molecule has 5 N–H and O–H groups in total. The van der Waals surface area contributed by atoms with Gasteiger partial charge in [-0.2, -0.15) is 5.10 Å². The number of fused-ring (bicyclic) bond motifs is 4. The molecular formula is C21H28N6O3S. The minimum Gasteiger partial charge on any atom is -0.483 e. The van der Waals surface area contributed by atoms with Crippen molar-refractivity contribution >= 4 is 46.3 Å². The number of carbonyl (C=O) groups excluding carboxylic acids is 1. The van der Waals surface area contributed by atoms with Gasteiger partial charge in [-0.25, -0.2) is 0 Å². The summed E-state index contributed by atoms with van der Waals surface area (Å²) < 4.78 is 0. The highest BCUT2D eigenvalue weighted by Crippen LogP contribution is 2.29. The van der Waals surface area contributed by atoms with Crippen LogP contribution in [0.5, 0.6) is 0 Å². The Labute approximate surface area is 185 Å². The molecule has 4 aliphatic rings. The number of aromatic amines is 1. The van der Waals surface area contributed by atoms with Gasteiger partial charge in [0.15, 0.2) is 10.8 Å². The van der Waals surface area contributed by atoms with E-state index in [9.17, 15) is 4.79 Å². The van der Waals surface area contributed by atoms with Gasteiger partial charge in [0.1, 0.15) is 0 Å². The summed E-state index contributed by atoms with van der Waals surface area (Å²) in [6.07, 6.45) is 4.92. The van der Waals surface area contributed by atoms with E-state index in [0.717, 1.165) is 48.7 Å². The Morgan fingerprint density at radius 3 is 2.68 bits per heavy atom. The van der Waals surface area contributed by atoms with Gasteiger partial charge in [-0.15, -0.1) is 0 Å². The molecule has 0 unspecified atom stereocenters. The molecule has 31 heavy (non-hydrogen) atoms. The molecule has 166 valence electrons. The fourth-order valence-corrected chi connectivity index (χ4v) is 4.57. The molecule has 1 aromatic carbocycles. The molecule has 1 amide bonds. The first-order valence-electron chi connectivity index (χ1n) is 10.7. The number of benzene rings is 1. The molecule has 0 spiro atoms. The molecule has 4 heterocycles. The summed E-state index contributed by atoms with van der Waals surface area (Å²) in [7, 11) is 0. The van der Waals surface area contributed by atoms with Crippen molar-refractivity contribution in [3.8, 4) is 0 Å². The van der Waals surface area contributed by atoms with Gasteiger partial charge in [0.25, 0.3) is 12.4 Å². The SMILES string of the molecule is O=C(N[C@H]1CN2CCC1CC2)c1n[nH]c2ccc(NC(=S)NCC3CC3)cc12.O=CO. The lowest BCUT2D eigenvalue weighted by Gasteiger charge is -2.44. The van der Waals surface area contributed by atoms with Crippen LogP contribution < -0.4 is 16.0 Å². The number of hydrogen-bond donors (Lipinski definition) is 5. The number of carboxylic acid groups (broad SMARTS) is 1. The van der Waals surface area contributed by atoms with Gasteiger partial charge in [-0.05, 0) is 81.0 Å². The predicted molar refractivity (Wildman–Crippen MR) is 122 cm³/mol. The summed E-state index contributed by atoms with van der Waals surface area (Å²) in [5.74, 6) is 1.25. The molecule has 2 bridgehead atoms. The van der Waals surface area contributed by atoms with Crippen LogP contribution in [-0.4, -0.2) is 69.9 Å². The monoisotopic (exact) mass is 444 g/mol. The maximum atomic E-state index is 12.9. The Morgan fingerprint density at radius 1 is 1.29 bits per heavy atom. The highest BCUT2D eigenvalue weighted by atomic mass is 32.1. The lowest BCUT2D eigenvalue weighted by molar-refractivity contribution is -0.122. The molecular weight excluding hydrogens is 416 g/mol. The largest absolute Gasteiger partial charge is 0.483 e. The lowest BCUT2D eigenvalue weighted by atomic mass is 9.84. The number of thiocarbonyl (C=S) groups is 1. The average molecular weight is 445 g/mol. The number of piperidine rings is 3. The molecule has 6 rings (SSSR count). The van der Waals surface area contributed by atoms with Crippen LogP contribution in [0.25, 0.3) is 10.9 Å². The van der Waals surface area contributed by atoms with Crippen LogP contribution in [0.3, 0.4) is 0 Å². The third-order valence-electron chi connectivity index (χ3n) is 6.26. The third-order valence-corrected chi connectivity index (χ3v) is 6.50. The van der Waals surface area contributed by atoms with Crippen LogP contribution in [0.15, 0.2) is 18.2 Å². The van der Waals surface area contributed by atoms with Gasteiger partial charge >= 0.3 is 0 Å². The molecule has 1 aromatic heterocycles. The molecule has 0 radical (unpaired) electrons. The van der Waals surface area contributed by atoms with E-state index in [2.05, 4.69) is 31.0 Å². The lowest BCUT2D eigenvalue weighted by Crippen LogP contribution is -2.57. The van der Waals surface area contributed by atoms with E-state index < -0.39 is 0 Å². The Balaban J connectivity index is 0.000000730. The number of nitrogens with zero attached hydrogens (tertiary/aromatic N) is 2. The summed E-state index contributed by atoms with van der Waals surface area (Å²) in [6.45, 7) is 3.94. The number of nitrogens with one attached hydrogen (secondary N) is 4. The Bertz CT molecular complexity index is 952. The molecule has 9 nitrogen and oxygen atoms in total. The van der Waals surface area contributed by atoms with Gasteiger partial charge in [0, 0.05) is 30.2 Å². The van der Waals surface area contributed by atoms with Crippen molar-refractivity contribution in [3.63, 3.8) is 0 Å². The standard InChI is InChI=1S/C20H26N6OS.CH2O2/c27-19(23-17-11-26-7-5-13(17)6-8-26)18-15-9-14(3-4-16(15)24-25-18)22-20(28)21-10-12-1-2-12;2-1-3/h3-4,9,12-13,17H,1-2,5-8,10-11H2,(H,23,27)(H,24,25)(H2,21,22,28);1H,(H,2,3)/t17-;/m0./s1. The fraction of sp³-hybridized carbons (Fsp3) is 0.524. The van der Waals surface area contributed by atoms with Gasteiger partial charge in [-0.1, -0.05) is 0 Å². The maximum absolute atomic E-state index is 12.9. The summed E-state index contributed by atoms with van der Waals surface area (Å²) >= 11 is 5.38. The maximum Gasteiger partial charge on any atom is 0.290 e. The Morgan fingerprint density at radius 2 is 2.03 bits per heavy atom. The number of rotatable bonds is 5. The second kappa shape index (κ2) is 9.61. The minimum absolute atomic E-state index is 0.100. The molecule has 1 atom stereocenters. The van der Waals surface area contributed by atoms with Gasteiger partial charge in [-0.3, -0.25) is 14.7 Å². The van der Waals surface area contributed by atoms with Crippen LogP contribution >= 0.6 is 12.2 Å². The topological polar surface area (TPSA) is 122 Å². The first-order valence-corrected chi connectivity index (χ1v) is 11.1. The third kappa shape index (κ3) is 5.31. The molecule has 10 heteroatoms. The van der Waals surface area contributed by atoms with Crippen LogP contribution in [0.1, 0.15) is 36.2 Å². The smallest absolute Gasteiger partial charge is 0.290 e. The summed E-state index contributed by atoms with van der Waals surface area (Å²) in [5.41, 5.74) is 2.16. The zero-order valence-electron chi connectivity index (χ0n) is 17.3. The zero-order chi connectivity index (χ0) is 21.8. The second-order valence-corrected chi connectivity index (χ2v) is 8.84. The van der Waals surface area contributed by atoms with Crippen LogP contribution in [0, 0.1) is 11.8 Å². The number of anilines is 1. The van der Waals surface area contributed by atoms with Crippen molar-refractivity contribution in [1.29, 1.82) is 0 Å². The average Bonchev–Trinajstić information content (AvgIpc) is 3.51. The first-order chi connectivity index (χ1) is 15.1. The Hall–Kier alpha value is -2.72. The van der Waals surface area contributed by atoms with Gasteiger partial charge in [0.2, 0.25) is 0 Å². The molecule has 2 aromatic rings. The molecule has 1 aliphatic carbocycles. The predicted octanol–water partition coefficient (Wildman–Crippen LogP) is 1.78. The van der Waals surface area contributed by atoms with E-state index in [1.165, 1.54) is 25.7 Å². The molecule has 3 saturated heterocycles. The zero-order valence-corrected chi connectivity index (χ0v) is 18.1. The quantitative estimate of drug-likeness (QED) is 0.349. The van der Waals surface area contributed by atoms with E-state index in [1.54, 1.807) is 0 Å². The number of H-pyrrole nitrogens is 1. The number of amides is 1. The first kappa shape index (κ1) is 21.5. The van der Waals surface area contributed by atoms with Crippen molar-refractivity contribution in [2.24, 2.45) is 11.8 Å². The normalized spacial score (nSPS) is 24.1. The number of aromatic nitrogens is 2. The van der Waals surface area contributed by atoms with Crippen molar-refractivity contribution in [2.75, 3.05) is 31.5 Å². The van der Waals surface area contributed by atoms with E-state index in [4.69, 9.17) is 22.1 Å². The van der Waals surface area contributed by atoms with Crippen LogP contribution in [-0.2, 0) is 4.79 Å². The summed E-state index contributed by atoms with van der Waals surface area (Å²) in [4.78, 5) is 23.7. The summed E-state index contributed by atoms with van der Waals surface area (Å²) in [5, 5.41) is 25.3. The van der Waals surface area contributed by atoms with E-state index in [1.807, 2.05) is 18.2 Å². The minimum atomic E-state index is -0.250. The van der Waals surface area contributed by atoms with Crippen LogP contribution in [0.4, 0.5) is 5.69 Å². The van der Waals surface area contributed by atoms with Crippen molar-refractivity contribution in [3.05, 3.63) is 23.9 Å². The van der Waals surface area contributed by atoms with Crippen molar-refractivity contribution in [1.82, 2.24) is 25.7 Å². The van der Waals surface area contributed by atoms with Gasteiger partial charge in [0.05, 0.1) is 5.52 Å². The van der Waals surface area contributed by atoms with Crippen LogP contribution in [0.2, 0.25) is 0 Å². The van der Waals surface area contributed by atoms with Crippen molar-refractivity contribution < 1.29 is 14.7 Å². The van der Waals surface area contributed by atoms with E-state index in [0.29, 0.717) is 16.7 Å². The summed E-state index contributed by atoms with van der Waals surface area (Å²) in [6, 6.07) is 6.04. The van der Waals surface area contributed by atoms with Crippen molar-refractivity contribution in [2.45, 2.75) is 31.7 Å². The molecule has 4 fully saturated rings. The second-order valence-electron chi connectivity index (χ2n) is 8.43. The molecule has 1 saturated carbocycles. The highest BCUT2D eigenvalue weighted by Gasteiger charge is 2.35. The van der Waals surface area contributed by atoms with E-state index in [-0.39, 0.29) is 18.4 Å². The fourth-order valence-electron chi connectivity index (χ4n) is 4.36. The van der Waals surface area contributed by atoms with Gasteiger partial charge < -0.3 is 26.0 Å².